The Morgan fingerprint density at radius 2 is 1.94 bits per heavy atom. The number of carbonyl (C=O) groups is 1. The van der Waals surface area contributed by atoms with E-state index in [-0.39, 0.29) is 5.12 Å². The van der Waals surface area contributed by atoms with Gasteiger partial charge in [0.1, 0.15) is 0 Å². The Hall–Kier alpha value is -1.72. The van der Waals surface area contributed by atoms with Crippen molar-refractivity contribution in [1.29, 1.82) is 0 Å². The van der Waals surface area contributed by atoms with Gasteiger partial charge in [-0.05, 0) is 29.0 Å². The summed E-state index contributed by atoms with van der Waals surface area (Å²) >= 11 is 0. The van der Waals surface area contributed by atoms with E-state index >= 15 is 0 Å². The van der Waals surface area contributed by atoms with Gasteiger partial charge in [0.25, 0.3) is 0 Å². The van der Waals surface area contributed by atoms with E-state index in [9.17, 15) is 4.79 Å². The highest BCUT2D eigenvalue weighted by molar-refractivity contribution is 8.34. The van der Waals surface area contributed by atoms with Gasteiger partial charge in [-0.2, -0.15) is 10.9 Å². The standard InChI is InChI=1S/C14H12OS/c1-12(15)16-10-9-14(11-16)8-7-13-5-3-2-4-6-13/h2-6,9-11,16H,1H3. The van der Waals surface area contributed by atoms with Crippen molar-refractivity contribution in [2.24, 2.45) is 0 Å². The van der Waals surface area contributed by atoms with Crippen LogP contribution in [0.4, 0.5) is 0 Å². The molecule has 0 aromatic heterocycles. The lowest BCUT2D eigenvalue weighted by molar-refractivity contribution is -0.109. The molecule has 80 valence electrons. The molecule has 1 unspecified atom stereocenters. The topological polar surface area (TPSA) is 17.1 Å². The molecule has 0 amide bonds. The lowest BCUT2D eigenvalue weighted by Gasteiger charge is -2.00. The third kappa shape index (κ3) is 2.65. The van der Waals surface area contributed by atoms with Crippen LogP contribution in [0.3, 0.4) is 0 Å². The molecule has 2 rings (SSSR count). The molecule has 0 radical (unpaired) electrons. The fourth-order valence-electron chi connectivity index (χ4n) is 1.33. The second-order valence-corrected chi connectivity index (χ2v) is 5.44. The van der Waals surface area contributed by atoms with E-state index in [1.807, 2.05) is 47.2 Å². The first-order valence-corrected chi connectivity index (χ1v) is 6.50. The van der Waals surface area contributed by atoms with E-state index in [0.717, 1.165) is 11.1 Å². The van der Waals surface area contributed by atoms with Gasteiger partial charge >= 0.3 is 0 Å². The summed E-state index contributed by atoms with van der Waals surface area (Å²) in [6.07, 6.45) is 1.93. The van der Waals surface area contributed by atoms with Gasteiger partial charge in [-0.3, -0.25) is 4.79 Å². The second-order valence-electron chi connectivity index (χ2n) is 3.44. The molecule has 0 saturated carbocycles. The Morgan fingerprint density at radius 1 is 1.19 bits per heavy atom. The van der Waals surface area contributed by atoms with Crippen molar-refractivity contribution in [1.82, 2.24) is 0 Å². The largest absolute Gasteiger partial charge is 0.289 e. The molecule has 1 aromatic rings. The number of carbonyl (C=O) groups excluding carboxylic acids is 1. The Bertz CT molecular complexity index is 515. The van der Waals surface area contributed by atoms with Gasteiger partial charge in [-0.15, -0.1) is 0 Å². The van der Waals surface area contributed by atoms with Crippen molar-refractivity contribution >= 4 is 16.0 Å². The molecule has 2 heteroatoms. The summed E-state index contributed by atoms with van der Waals surface area (Å²) in [5.74, 6) is 6.15. The number of benzene rings is 1. The van der Waals surface area contributed by atoms with E-state index in [1.165, 1.54) is 0 Å². The van der Waals surface area contributed by atoms with Crippen molar-refractivity contribution in [2.45, 2.75) is 6.92 Å². The quantitative estimate of drug-likeness (QED) is 0.533. The maximum atomic E-state index is 11.2. The van der Waals surface area contributed by atoms with E-state index < -0.39 is 10.9 Å². The van der Waals surface area contributed by atoms with Crippen molar-refractivity contribution < 1.29 is 4.79 Å². The van der Waals surface area contributed by atoms with Crippen LogP contribution in [0.1, 0.15) is 12.5 Å². The SMILES string of the molecule is CC(=O)[SH]1C=CC(C#Cc2ccccc2)=C1. The number of allylic oxidation sites excluding steroid dienone is 2. The molecule has 0 fully saturated rings. The molecule has 0 saturated heterocycles. The molecule has 1 nitrogen and oxygen atoms in total. The Balaban J connectivity index is 2.14. The molecule has 1 heterocycles. The maximum absolute atomic E-state index is 11.2. The smallest absolute Gasteiger partial charge is 0.173 e. The Labute approximate surface area is 98.2 Å². The van der Waals surface area contributed by atoms with Crippen LogP contribution >= 0.6 is 10.9 Å². The predicted octanol–water partition coefficient (Wildman–Crippen LogP) is 3.00. The van der Waals surface area contributed by atoms with E-state index in [0.29, 0.717) is 0 Å². The van der Waals surface area contributed by atoms with Crippen LogP contribution in [-0.4, -0.2) is 5.12 Å². The molecule has 1 aliphatic rings. The average molecular weight is 228 g/mol. The third-order valence-corrected chi connectivity index (χ3v) is 3.94. The Morgan fingerprint density at radius 3 is 2.56 bits per heavy atom. The average Bonchev–Trinajstić information content (AvgIpc) is 2.76. The van der Waals surface area contributed by atoms with Crippen LogP contribution in [0.5, 0.6) is 0 Å². The fourth-order valence-corrected chi connectivity index (χ4v) is 2.58. The van der Waals surface area contributed by atoms with E-state index in [2.05, 4.69) is 11.8 Å². The van der Waals surface area contributed by atoms with Crippen LogP contribution in [0.25, 0.3) is 0 Å². The first-order chi connectivity index (χ1) is 7.75. The summed E-state index contributed by atoms with van der Waals surface area (Å²) in [5, 5.41) is 4.14. The lowest BCUT2D eigenvalue weighted by atomic mass is 10.2. The van der Waals surface area contributed by atoms with Gasteiger partial charge in [-0.25, -0.2) is 0 Å². The molecule has 0 N–H and O–H groups in total. The third-order valence-electron chi connectivity index (χ3n) is 2.18. The summed E-state index contributed by atoms with van der Waals surface area (Å²) in [6.45, 7) is 1.63. The number of hydrogen-bond acceptors (Lipinski definition) is 1. The van der Waals surface area contributed by atoms with Crippen molar-refractivity contribution in [3.8, 4) is 11.8 Å². The number of thiol groups is 1. The number of hydrogen-bond donors (Lipinski definition) is 1. The molecule has 0 bridgehead atoms. The van der Waals surface area contributed by atoms with Crippen LogP contribution in [-0.2, 0) is 4.79 Å². The fraction of sp³-hybridized carbons (Fsp3) is 0.0714. The minimum absolute atomic E-state index is 0.225. The van der Waals surface area contributed by atoms with Crippen molar-refractivity contribution in [2.75, 3.05) is 0 Å². The van der Waals surface area contributed by atoms with Crippen LogP contribution in [0, 0.1) is 11.8 Å². The summed E-state index contributed by atoms with van der Waals surface area (Å²) < 4.78 is 0. The highest BCUT2D eigenvalue weighted by Crippen LogP contribution is 2.36. The zero-order chi connectivity index (χ0) is 11.4. The molecule has 0 spiro atoms. The van der Waals surface area contributed by atoms with Gasteiger partial charge < -0.3 is 0 Å². The normalized spacial score (nSPS) is 19.8. The van der Waals surface area contributed by atoms with Crippen LogP contribution in [0.2, 0.25) is 0 Å². The van der Waals surface area contributed by atoms with Gasteiger partial charge in [0.2, 0.25) is 0 Å². The van der Waals surface area contributed by atoms with Crippen molar-refractivity contribution in [3.63, 3.8) is 0 Å². The van der Waals surface area contributed by atoms with Gasteiger partial charge in [-0.1, -0.05) is 30.0 Å². The van der Waals surface area contributed by atoms with E-state index in [1.54, 1.807) is 6.92 Å². The Kier molecular flexibility index (Phi) is 3.28. The molecule has 1 aliphatic heterocycles. The summed E-state index contributed by atoms with van der Waals surface area (Å²) in [7, 11) is -0.708. The predicted molar refractivity (Wildman–Crippen MR) is 70.2 cm³/mol. The zero-order valence-corrected chi connectivity index (χ0v) is 9.87. The molecular formula is C14H12OS. The zero-order valence-electron chi connectivity index (χ0n) is 8.97. The highest BCUT2D eigenvalue weighted by Gasteiger charge is 2.07. The minimum atomic E-state index is -0.708. The van der Waals surface area contributed by atoms with E-state index in [4.69, 9.17) is 0 Å². The molecule has 1 aromatic carbocycles. The van der Waals surface area contributed by atoms with Gasteiger partial charge in [0.15, 0.2) is 5.12 Å². The monoisotopic (exact) mass is 228 g/mol. The molecule has 0 aliphatic carbocycles. The van der Waals surface area contributed by atoms with Crippen molar-refractivity contribution in [3.05, 3.63) is 58.4 Å². The lowest BCUT2D eigenvalue weighted by Crippen LogP contribution is -1.83. The molecule has 1 atom stereocenters. The first-order valence-electron chi connectivity index (χ1n) is 5.02. The second kappa shape index (κ2) is 4.87. The van der Waals surface area contributed by atoms with Gasteiger partial charge in [0, 0.05) is 18.1 Å². The summed E-state index contributed by atoms with van der Waals surface area (Å²) in [5.41, 5.74) is 1.95. The van der Waals surface area contributed by atoms with Crippen LogP contribution < -0.4 is 0 Å². The van der Waals surface area contributed by atoms with Gasteiger partial charge in [0.05, 0.1) is 0 Å². The summed E-state index contributed by atoms with van der Waals surface area (Å²) in [4.78, 5) is 11.2. The minimum Gasteiger partial charge on any atom is -0.289 e. The molecule has 16 heavy (non-hydrogen) atoms. The summed E-state index contributed by atoms with van der Waals surface area (Å²) in [6, 6.07) is 9.84. The number of rotatable bonds is 0. The highest BCUT2D eigenvalue weighted by atomic mass is 32.2. The first kappa shape index (κ1) is 10.8. The maximum Gasteiger partial charge on any atom is 0.173 e. The molecular weight excluding hydrogens is 216 g/mol. The van der Waals surface area contributed by atoms with Crippen LogP contribution in [0.15, 0.2) is 52.8 Å².